The molecule has 0 saturated heterocycles. The van der Waals surface area contributed by atoms with Gasteiger partial charge in [0.05, 0.1) is 12.4 Å². The summed E-state index contributed by atoms with van der Waals surface area (Å²) < 4.78 is 1.75. The number of hydrazine groups is 1. The predicted octanol–water partition coefficient (Wildman–Crippen LogP) is -0.687. The molecule has 6 heteroatoms. The average molecular weight is 168 g/mol. The number of aryl methyl sites for hydroxylation is 1. The molecule has 1 rings (SSSR count). The van der Waals surface area contributed by atoms with E-state index < -0.39 is 0 Å². The lowest BCUT2D eigenvalue weighted by atomic mass is 10.6. The van der Waals surface area contributed by atoms with Crippen molar-refractivity contribution in [2.45, 2.75) is 13.5 Å². The minimum Gasteiger partial charge on any atom is -0.369 e. The molecule has 0 aromatic carbocycles. The molecule has 0 aliphatic heterocycles. The Morgan fingerprint density at radius 1 is 1.83 bits per heavy atom. The van der Waals surface area contributed by atoms with E-state index in [9.17, 15) is 0 Å². The van der Waals surface area contributed by atoms with Gasteiger partial charge in [-0.1, -0.05) is 0 Å². The molecule has 0 radical (unpaired) electrons. The molecular formula is C6H12N6. The second-order valence-electron chi connectivity index (χ2n) is 2.20. The molecular weight excluding hydrogens is 156 g/mol. The molecule has 0 saturated carbocycles. The van der Waals surface area contributed by atoms with Gasteiger partial charge in [0.2, 0.25) is 5.96 Å². The number of hydrogen-bond acceptors (Lipinski definition) is 3. The molecule has 0 aliphatic carbocycles. The summed E-state index contributed by atoms with van der Waals surface area (Å²) in [5.74, 6) is 5.20. The molecule has 0 spiro atoms. The highest BCUT2D eigenvalue weighted by Gasteiger charge is 1.94. The maximum Gasteiger partial charge on any atom is 0.208 e. The molecule has 66 valence electrons. The highest BCUT2D eigenvalue weighted by atomic mass is 15.3. The fourth-order valence-electron chi connectivity index (χ4n) is 0.755. The zero-order valence-electron chi connectivity index (χ0n) is 6.86. The number of rotatable bonds is 2. The van der Waals surface area contributed by atoms with E-state index in [2.05, 4.69) is 15.5 Å². The van der Waals surface area contributed by atoms with Crippen LogP contribution in [0.4, 0.5) is 5.69 Å². The van der Waals surface area contributed by atoms with Crippen LogP contribution < -0.4 is 17.0 Å². The van der Waals surface area contributed by atoms with Crippen LogP contribution in [0.3, 0.4) is 0 Å². The second-order valence-corrected chi connectivity index (χ2v) is 2.20. The molecule has 12 heavy (non-hydrogen) atoms. The van der Waals surface area contributed by atoms with Crippen molar-refractivity contribution < 1.29 is 0 Å². The SMILES string of the molecule is CCn1cc(N=C(N)NN)cn1. The van der Waals surface area contributed by atoms with Crippen molar-refractivity contribution in [3.05, 3.63) is 12.4 Å². The van der Waals surface area contributed by atoms with E-state index in [0.717, 1.165) is 6.54 Å². The molecule has 0 aliphatic rings. The quantitative estimate of drug-likeness (QED) is 0.236. The van der Waals surface area contributed by atoms with Crippen molar-refractivity contribution in [3.8, 4) is 0 Å². The third kappa shape index (κ3) is 1.96. The van der Waals surface area contributed by atoms with Gasteiger partial charge in [-0.15, -0.1) is 0 Å². The third-order valence-electron chi connectivity index (χ3n) is 1.34. The zero-order valence-corrected chi connectivity index (χ0v) is 6.86. The molecule has 1 heterocycles. The van der Waals surface area contributed by atoms with E-state index in [4.69, 9.17) is 11.6 Å². The molecule has 1 aromatic rings. The monoisotopic (exact) mass is 168 g/mol. The van der Waals surface area contributed by atoms with E-state index in [0.29, 0.717) is 5.69 Å². The Labute approximate surface area is 70.2 Å². The molecule has 0 unspecified atom stereocenters. The van der Waals surface area contributed by atoms with Crippen LogP contribution >= 0.6 is 0 Å². The minimum absolute atomic E-state index is 0.172. The van der Waals surface area contributed by atoms with Crippen molar-refractivity contribution in [2.75, 3.05) is 0 Å². The number of nitrogens with one attached hydrogen (secondary N) is 1. The number of hydrogen-bond donors (Lipinski definition) is 3. The third-order valence-corrected chi connectivity index (χ3v) is 1.34. The largest absolute Gasteiger partial charge is 0.369 e. The zero-order chi connectivity index (χ0) is 8.97. The lowest BCUT2D eigenvalue weighted by molar-refractivity contribution is 0.660. The maximum absolute atomic E-state index is 5.33. The Morgan fingerprint density at radius 2 is 2.58 bits per heavy atom. The Bertz CT molecular complexity index is 275. The van der Waals surface area contributed by atoms with E-state index in [-0.39, 0.29) is 5.96 Å². The Kier molecular flexibility index (Phi) is 2.65. The van der Waals surface area contributed by atoms with Crippen molar-refractivity contribution in [2.24, 2.45) is 16.6 Å². The summed E-state index contributed by atoms with van der Waals surface area (Å²) in [5.41, 5.74) is 8.25. The van der Waals surface area contributed by atoms with Gasteiger partial charge >= 0.3 is 0 Å². The Hall–Kier alpha value is -1.56. The second kappa shape index (κ2) is 3.72. The summed E-state index contributed by atoms with van der Waals surface area (Å²) in [6, 6.07) is 0. The van der Waals surface area contributed by atoms with Crippen LogP contribution in [-0.4, -0.2) is 15.7 Å². The van der Waals surface area contributed by atoms with Crippen LogP contribution in [0.1, 0.15) is 6.92 Å². The number of aromatic nitrogens is 2. The van der Waals surface area contributed by atoms with Crippen LogP contribution in [0.2, 0.25) is 0 Å². The van der Waals surface area contributed by atoms with E-state index >= 15 is 0 Å². The normalized spacial score (nSPS) is 11.7. The van der Waals surface area contributed by atoms with Gasteiger partial charge in [0.25, 0.3) is 0 Å². The minimum atomic E-state index is 0.172. The van der Waals surface area contributed by atoms with Gasteiger partial charge in [-0.3, -0.25) is 10.1 Å². The first-order valence-corrected chi connectivity index (χ1v) is 3.59. The summed E-state index contributed by atoms with van der Waals surface area (Å²) in [5, 5.41) is 4.01. The van der Waals surface area contributed by atoms with E-state index in [1.54, 1.807) is 17.1 Å². The summed E-state index contributed by atoms with van der Waals surface area (Å²) in [4.78, 5) is 3.92. The molecule has 0 amide bonds. The topological polar surface area (TPSA) is 94.2 Å². The molecule has 0 bridgehead atoms. The van der Waals surface area contributed by atoms with Crippen molar-refractivity contribution in [1.29, 1.82) is 0 Å². The predicted molar refractivity (Wildman–Crippen MR) is 46.5 cm³/mol. The van der Waals surface area contributed by atoms with Gasteiger partial charge in [-0.25, -0.2) is 10.8 Å². The molecule has 0 fully saturated rings. The summed E-state index contributed by atoms with van der Waals surface area (Å²) >= 11 is 0. The van der Waals surface area contributed by atoms with Crippen LogP contribution in [0.15, 0.2) is 17.4 Å². The average Bonchev–Trinajstić information content (AvgIpc) is 2.52. The summed E-state index contributed by atoms with van der Waals surface area (Å²) in [6.45, 7) is 2.80. The van der Waals surface area contributed by atoms with Gasteiger partial charge in [-0.05, 0) is 6.92 Å². The van der Waals surface area contributed by atoms with E-state index in [1.807, 2.05) is 6.92 Å². The van der Waals surface area contributed by atoms with Crippen molar-refractivity contribution in [1.82, 2.24) is 15.2 Å². The summed E-state index contributed by atoms with van der Waals surface area (Å²) in [6.07, 6.45) is 3.40. The summed E-state index contributed by atoms with van der Waals surface area (Å²) in [7, 11) is 0. The lowest BCUT2D eigenvalue weighted by Crippen LogP contribution is -2.36. The van der Waals surface area contributed by atoms with Crippen molar-refractivity contribution in [3.63, 3.8) is 0 Å². The first kappa shape index (κ1) is 8.54. The van der Waals surface area contributed by atoms with Crippen LogP contribution in [0, 0.1) is 0 Å². The first-order chi connectivity index (χ1) is 5.76. The Balaban J connectivity index is 2.76. The lowest BCUT2D eigenvalue weighted by Gasteiger charge is -1.94. The van der Waals surface area contributed by atoms with Gasteiger partial charge in [-0.2, -0.15) is 5.10 Å². The molecule has 6 nitrogen and oxygen atoms in total. The fraction of sp³-hybridized carbons (Fsp3) is 0.333. The highest BCUT2D eigenvalue weighted by molar-refractivity contribution is 5.79. The van der Waals surface area contributed by atoms with Gasteiger partial charge in [0, 0.05) is 6.54 Å². The standard InChI is InChI=1S/C6H12N6/c1-2-12-4-5(3-9-12)10-6(7)11-8/h3-4H,2,8H2,1H3,(H3,7,10,11). The number of nitrogens with two attached hydrogens (primary N) is 2. The number of aliphatic imine (C=N–C) groups is 1. The van der Waals surface area contributed by atoms with Crippen molar-refractivity contribution >= 4 is 11.6 Å². The van der Waals surface area contributed by atoms with Crippen LogP contribution in [-0.2, 0) is 6.54 Å². The first-order valence-electron chi connectivity index (χ1n) is 3.59. The highest BCUT2D eigenvalue weighted by Crippen LogP contribution is 2.07. The van der Waals surface area contributed by atoms with Gasteiger partial charge in [0.1, 0.15) is 5.69 Å². The van der Waals surface area contributed by atoms with Crippen LogP contribution in [0.5, 0.6) is 0 Å². The van der Waals surface area contributed by atoms with Gasteiger partial charge < -0.3 is 5.73 Å². The maximum atomic E-state index is 5.33. The number of nitrogens with zero attached hydrogens (tertiary/aromatic N) is 3. The fourth-order valence-corrected chi connectivity index (χ4v) is 0.755. The van der Waals surface area contributed by atoms with E-state index in [1.165, 1.54) is 0 Å². The molecule has 5 N–H and O–H groups in total. The number of guanidine groups is 1. The smallest absolute Gasteiger partial charge is 0.208 e. The molecule has 1 aromatic heterocycles. The van der Waals surface area contributed by atoms with Crippen LogP contribution in [0.25, 0.3) is 0 Å². The Morgan fingerprint density at radius 3 is 3.08 bits per heavy atom. The molecule has 0 atom stereocenters. The van der Waals surface area contributed by atoms with Gasteiger partial charge in [0.15, 0.2) is 0 Å².